The third kappa shape index (κ3) is 5.12. The van der Waals surface area contributed by atoms with Crippen molar-refractivity contribution in [2.75, 3.05) is 38.0 Å². The number of nitrogens with zero attached hydrogens (tertiary/aromatic N) is 6. The first kappa shape index (κ1) is 27.2. The average Bonchev–Trinajstić information content (AvgIpc) is 3.29. The number of hydrogen-bond acceptors (Lipinski definition) is 4. The molecule has 192 valence electrons. The van der Waals surface area contributed by atoms with Crippen molar-refractivity contribution < 1.29 is 0 Å². The van der Waals surface area contributed by atoms with Gasteiger partial charge in [0.1, 0.15) is 0 Å². The van der Waals surface area contributed by atoms with Crippen molar-refractivity contribution in [3.8, 4) is 12.1 Å². The molecule has 0 spiro atoms. The Morgan fingerprint density at radius 2 is 1.07 bits per heavy atom. The highest BCUT2D eigenvalue weighted by molar-refractivity contribution is 6.12. The van der Waals surface area contributed by atoms with E-state index in [1.807, 2.05) is 111 Å². The summed E-state index contributed by atoms with van der Waals surface area (Å²) in [7, 11) is 7.96. The fourth-order valence-corrected chi connectivity index (χ4v) is 4.69. The second-order valence-corrected chi connectivity index (χ2v) is 9.48. The van der Waals surface area contributed by atoms with E-state index in [1.54, 1.807) is 0 Å². The van der Waals surface area contributed by atoms with E-state index in [1.165, 1.54) is 0 Å². The van der Waals surface area contributed by atoms with Crippen LogP contribution in [0.1, 0.15) is 22.3 Å². The molecule has 0 aromatic heterocycles. The Labute approximate surface area is 235 Å². The molecule has 40 heavy (non-hydrogen) atoms. The van der Waals surface area contributed by atoms with Crippen LogP contribution in [-0.4, -0.2) is 28.2 Å². The van der Waals surface area contributed by atoms with E-state index in [9.17, 15) is 10.5 Å². The summed E-state index contributed by atoms with van der Waals surface area (Å²) in [6.45, 7) is 15.3. The quantitative estimate of drug-likeness (QED) is 0.265. The first-order chi connectivity index (χ1) is 19.3. The standard InChI is InChI=1S/C34H26N6/c1-37-31(21-35)33-28-9-7-8-10-29(28)34(32(22-36)38-2)30(33)20-19-27(23-11-15-25(16-12-23)39(3)4)24-13-17-26(18-14-24)40(5)6/h7-20H,3-6H3/b33-31+,34-32+. The first-order valence-electron chi connectivity index (χ1n) is 12.5. The lowest BCUT2D eigenvalue weighted by Gasteiger charge is -2.16. The zero-order chi connectivity index (χ0) is 28.8. The van der Waals surface area contributed by atoms with Gasteiger partial charge in [-0.3, -0.25) is 0 Å². The van der Waals surface area contributed by atoms with Crippen LogP contribution in [0.15, 0.2) is 102 Å². The molecule has 0 unspecified atom stereocenters. The lowest BCUT2D eigenvalue weighted by atomic mass is 9.94. The maximum absolute atomic E-state index is 9.83. The van der Waals surface area contributed by atoms with Crippen molar-refractivity contribution >= 4 is 28.1 Å². The van der Waals surface area contributed by atoms with Crippen LogP contribution < -0.4 is 9.80 Å². The Morgan fingerprint density at radius 1 is 0.675 bits per heavy atom. The lowest BCUT2D eigenvalue weighted by molar-refractivity contribution is 1.13. The molecule has 0 amide bonds. The van der Waals surface area contributed by atoms with Crippen molar-refractivity contribution in [1.29, 1.82) is 10.5 Å². The number of hydrogen-bond donors (Lipinski definition) is 0. The number of rotatable bonds is 5. The maximum Gasteiger partial charge on any atom is 0.270 e. The van der Waals surface area contributed by atoms with Crippen LogP contribution in [0.4, 0.5) is 11.4 Å². The smallest absolute Gasteiger partial charge is 0.270 e. The second kappa shape index (κ2) is 11.7. The van der Waals surface area contributed by atoms with Gasteiger partial charge in [-0.1, -0.05) is 60.7 Å². The second-order valence-electron chi connectivity index (χ2n) is 9.48. The van der Waals surface area contributed by atoms with E-state index >= 15 is 0 Å². The predicted octanol–water partition coefficient (Wildman–Crippen LogP) is 7.20. The Kier molecular flexibility index (Phi) is 7.97. The normalized spacial score (nSPS) is 13.9. The molecule has 3 aromatic carbocycles. The molecule has 0 radical (unpaired) electrons. The van der Waals surface area contributed by atoms with E-state index in [-0.39, 0.29) is 11.4 Å². The zero-order valence-electron chi connectivity index (χ0n) is 22.8. The summed E-state index contributed by atoms with van der Waals surface area (Å²) in [4.78, 5) is 11.1. The largest absolute Gasteiger partial charge is 0.378 e. The monoisotopic (exact) mass is 518 g/mol. The molecule has 0 saturated heterocycles. The van der Waals surface area contributed by atoms with Gasteiger partial charge < -0.3 is 9.80 Å². The third-order valence-corrected chi connectivity index (χ3v) is 6.72. The lowest BCUT2D eigenvalue weighted by Crippen LogP contribution is -2.08. The number of allylic oxidation sites excluding steroid dienone is 7. The molecule has 1 aliphatic rings. The van der Waals surface area contributed by atoms with Crippen molar-refractivity contribution in [3.05, 3.63) is 147 Å². The molecule has 0 aliphatic heterocycles. The highest BCUT2D eigenvalue weighted by atomic mass is 15.1. The van der Waals surface area contributed by atoms with Crippen LogP contribution in [-0.2, 0) is 0 Å². The molecule has 0 fully saturated rings. The topological polar surface area (TPSA) is 62.8 Å². The van der Waals surface area contributed by atoms with Gasteiger partial charge in [0.15, 0.2) is 0 Å². The summed E-state index contributed by atoms with van der Waals surface area (Å²) >= 11 is 0. The molecule has 0 bridgehead atoms. The molecule has 3 aromatic rings. The van der Waals surface area contributed by atoms with Gasteiger partial charge in [0, 0.05) is 50.7 Å². The van der Waals surface area contributed by atoms with Crippen LogP contribution >= 0.6 is 0 Å². The molecule has 6 nitrogen and oxygen atoms in total. The molecule has 0 saturated carbocycles. The maximum atomic E-state index is 9.83. The van der Waals surface area contributed by atoms with Crippen LogP contribution in [0.25, 0.3) is 26.4 Å². The van der Waals surface area contributed by atoms with Gasteiger partial charge in [-0.15, -0.1) is 0 Å². The molecule has 0 heterocycles. The van der Waals surface area contributed by atoms with Crippen molar-refractivity contribution in [3.63, 3.8) is 0 Å². The van der Waals surface area contributed by atoms with Gasteiger partial charge in [0.2, 0.25) is 0 Å². The molecular weight excluding hydrogens is 492 g/mol. The number of fused-ring (bicyclic) bond motifs is 1. The fourth-order valence-electron chi connectivity index (χ4n) is 4.69. The Morgan fingerprint density at radius 3 is 1.40 bits per heavy atom. The van der Waals surface area contributed by atoms with Crippen molar-refractivity contribution in [1.82, 2.24) is 0 Å². The molecule has 0 N–H and O–H groups in total. The predicted molar refractivity (Wildman–Crippen MR) is 161 cm³/mol. The van der Waals surface area contributed by atoms with E-state index < -0.39 is 0 Å². The van der Waals surface area contributed by atoms with Crippen LogP contribution in [0.5, 0.6) is 0 Å². The number of anilines is 2. The summed E-state index contributed by atoms with van der Waals surface area (Å²) in [5.74, 6) is 0. The van der Waals surface area contributed by atoms with Gasteiger partial charge in [-0.25, -0.2) is 20.2 Å². The van der Waals surface area contributed by atoms with Gasteiger partial charge in [-0.05, 0) is 57.7 Å². The summed E-state index contributed by atoms with van der Waals surface area (Å²) < 4.78 is 0. The highest BCUT2D eigenvalue weighted by Gasteiger charge is 2.31. The van der Waals surface area contributed by atoms with E-state index in [2.05, 4.69) is 34.0 Å². The van der Waals surface area contributed by atoms with E-state index in [0.29, 0.717) is 27.8 Å². The highest BCUT2D eigenvalue weighted by Crippen LogP contribution is 2.48. The Bertz CT molecular complexity index is 1600. The minimum Gasteiger partial charge on any atom is -0.378 e. The van der Waals surface area contributed by atoms with Crippen LogP contribution in [0, 0.1) is 35.8 Å². The molecule has 6 heteroatoms. The van der Waals surface area contributed by atoms with Gasteiger partial charge in [0.05, 0.1) is 25.3 Å². The molecule has 4 rings (SSSR count). The van der Waals surface area contributed by atoms with Crippen molar-refractivity contribution in [2.24, 2.45) is 0 Å². The Hall–Kier alpha value is -5.82. The van der Waals surface area contributed by atoms with E-state index in [4.69, 9.17) is 13.1 Å². The third-order valence-electron chi connectivity index (χ3n) is 6.72. The summed E-state index contributed by atoms with van der Waals surface area (Å²) in [5, 5.41) is 19.7. The minimum absolute atomic E-state index is 0.0865. The van der Waals surface area contributed by atoms with Crippen LogP contribution in [0.3, 0.4) is 0 Å². The average molecular weight is 519 g/mol. The van der Waals surface area contributed by atoms with E-state index in [0.717, 1.165) is 28.1 Å². The van der Waals surface area contributed by atoms with Gasteiger partial charge >= 0.3 is 0 Å². The van der Waals surface area contributed by atoms with Gasteiger partial charge in [-0.2, -0.15) is 0 Å². The van der Waals surface area contributed by atoms with Gasteiger partial charge in [0.25, 0.3) is 11.4 Å². The summed E-state index contributed by atoms with van der Waals surface area (Å²) in [6, 6.07) is 27.7. The zero-order valence-corrected chi connectivity index (χ0v) is 22.8. The molecule has 0 atom stereocenters. The van der Waals surface area contributed by atoms with Crippen LogP contribution in [0.2, 0.25) is 0 Å². The minimum atomic E-state index is -0.0865. The SMILES string of the molecule is [C-]#[N+]/C(C#N)=C1/C(=CC=C(c2ccc(N(C)C)cc2)c2ccc(N(C)C)cc2)/C(=C(\C#N)[N+]#[C-])c2ccccc21. The Balaban J connectivity index is 2.03. The van der Waals surface area contributed by atoms with Crippen molar-refractivity contribution in [2.45, 2.75) is 0 Å². The molecular formula is C34H26N6. The summed E-state index contributed by atoms with van der Waals surface area (Å²) in [6.07, 6.45) is 3.76. The fraction of sp³-hybridized carbons (Fsp3) is 0.118. The molecule has 1 aliphatic carbocycles. The number of benzene rings is 3. The first-order valence-corrected chi connectivity index (χ1v) is 12.5. The summed E-state index contributed by atoms with van der Waals surface area (Å²) in [5.41, 5.74) is 7.52. The number of nitriles is 2.